The molecule has 0 heterocycles. The molecule has 0 amide bonds. The van der Waals surface area contributed by atoms with Gasteiger partial charge in [-0.25, -0.2) is 0 Å². The van der Waals surface area contributed by atoms with Crippen molar-refractivity contribution in [1.82, 2.24) is 0 Å². The first-order valence-electron chi connectivity index (χ1n) is 10.6. The maximum absolute atomic E-state index is 11.8. The van der Waals surface area contributed by atoms with E-state index in [1.165, 1.54) is 12.1 Å². The molecule has 0 radical (unpaired) electrons. The smallest absolute Gasteiger partial charge is 0.294 e. The van der Waals surface area contributed by atoms with E-state index in [0.29, 0.717) is 39.2 Å². The summed E-state index contributed by atoms with van der Waals surface area (Å²) in [6.45, 7) is 0. The molecule has 0 aliphatic carbocycles. The molecular weight excluding hydrogens is 462 g/mol. The third-order valence-corrected chi connectivity index (χ3v) is 6.32. The number of nitrogens with two attached hydrogens (primary N) is 1. The molecule has 0 unspecified atom stereocenters. The number of rotatable bonds is 5. The van der Waals surface area contributed by atoms with Gasteiger partial charge in [0.1, 0.15) is 0 Å². The molecular formula is C26H19N5O3S. The minimum absolute atomic E-state index is 0.253. The van der Waals surface area contributed by atoms with E-state index >= 15 is 0 Å². The largest absolute Gasteiger partial charge is 0.398 e. The van der Waals surface area contributed by atoms with Crippen LogP contribution < -0.4 is 5.73 Å². The number of benzene rings is 5. The van der Waals surface area contributed by atoms with Gasteiger partial charge in [0.05, 0.1) is 27.6 Å². The average Bonchev–Trinajstić information content (AvgIpc) is 2.87. The Morgan fingerprint density at radius 2 is 1.11 bits per heavy atom. The molecule has 5 aromatic rings. The Morgan fingerprint density at radius 3 is 1.80 bits per heavy atom. The lowest BCUT2D eigenvalue weighted by Gasteiger charge is -2.07. The van der Waals surface area contributed by atoms with Gasteiger partial charge in [-0.3, -0.25) is 4.55 Å². The zero-order chi connectivity index (χ0) is 24.4. The molecule has 0 atom stereocenters. The van der Waals surface area contributed by atoms with Crippen molar-refractivity contribution in [2.45, 2.75) is 4.90 Å². The molecule has 3 N–H and O–H groups in total. The molecule has 0 aromatic heterocycles. The van der Waals surface area contributed by atoms with Crippen LogP contribution in [0.4, 0.5) is 28.4 Å². The number of hydrogen-bond acceptors (Lipinski definition) is 7. The molecule has 0 bridgehead atoms. The third-order valence-electron chi connectivity index (χ3n) is 5.47. The van der Waals surface area contributed by atoms with Gasteiger partial charge < -0.3 is 5.73 Å². The van der Waals surface area contributed by atoms with Crippen molar-refractivity contribution in [3.8, 4) is 0 Å². The lowest BCUT2D eigenvalue weighted by molar-refractivity contribution is 0.483. The van der Waals surface area contributed by atoms with Crippen LogP contribution in [0.3, 0.4) is 0 Å². The van der Waals surface area contributed by atoms with Crippen molar-refractivity contribution >= 4 is 60.1 Å². The van der Waals surface area contributed by atoms with Gasteiger partial charge >= 0.3 is 0 Å². The SMILES string of the molecule is Nc1ccc(/N=N/c2ccc(/N=N/c3ccccc3)c3ccc(S(=O)(=O)O)cc23)c2ccccc12. The van der Waals surface area contributed by atoms with Crippen LogP contribution in [0.1, 0.15) is 0 Å². The summed E-state index contributed by atoms with van der Waals surface area (Å²) in [4.78, 5) is -0.253. The molecule has 9 heteroatoms. The Hall–Kier alpha value is -4.47. The second kappa shape index (κ2) is 9.05. The Bertz CT molecular complexity index is 1730. The number of azo groups is 2. The van der Waals surface area contributed by atoms with Crippen LogP contribution in [-0.2, 0) is 10.1 Å². The Kier molecular flexibility index (Phi) is 5.77. The fourth-order valence-electron chi connectivity index (χ4n) is 3.74. The van der Waals surface area contributed by atoms with Crippen LogP contribution >= 0.6 is 0 Å². The molecule has 8 nitrogen and oxygen atoms in total. The molecule has 0 saturated heterocycles. The van der Waals surface area contributed by atoms with Crippen molar-refractivity contribution < 1.29 is 13.0 Å². The van der Waals surface area contributed by atoms with E-state index in [4.69, 9.17) is 5.73 Å². The van der Waals surface area contributed by atoms with E-state index in [-0.39, 0.29) is 4.90 Å². The molecule has 5 rings (SSSR count). The number of nitrogens with zero attached hydrogens (tertiary/aromatic N) is 4. The van der Waals surface area contributed by atoms with Gasteiger partial charge in [0.25, 0.3) is 10.1 Å². The highest BCUT2D eigenvalue weighted by Crippen LogP contribution is 2.37. The Morgan fingerprint density at radius 1 is 0.571 bits per heavy atom. The van der Waals surface area contributed by atoms with Crippen molar-refractivity contribution in [3.05, 3.63) is 97.1 Å². The molecule has 0 saturated carbocycles. The Balaban J connectivity index is 1.64. The highest BCUT2D eigenvalue weighted by molar-refractivity contribution is 7.85. The summed E-state index contributed by atoms with van der Waals surface area (Å²) in [5.41, 5.74) is 8.93. The monoisotopic (exact) mass is 481 g/mol. The number of nitrogen functional groups attached to an aromatic ring is 1. The fraction of sp³-hybridized carbons (Fsp3) is 0. The summed E-state index contributed by atoms with van der Waals surface area (Å²) in [5.74, 6) is 0. The van der Waals surface area contributed by atoms with E-state index in [1.807, 2.05) is 54.6 Å². The van der Waals surface area contributed by atoms with Crippen molar-refractivity contribution in [2.75, 3.05) is 5.73 Å². The number of anilines is 1. The normalized spacial score (nSPS) is 12.3. The summed E-state index contributed by atoms with van der Waals surface area (Å²) >= 11 is 0. The van der Waals surface area contributed by atoms with Gasteiger partial charge in [-0.2, -0.15) is 13.5 Å². The summed E-state index contributed by atoms with van der Waals surface area (Å²) in [5, 5.41) is 20.2. The lowest BCUT2D eigenvalue weighted by atomic mass is 10.1. The van der Waals surface area contributed by atoms with Crippen molar-refractivity contribution in [3.63, 3.8) is 0 Å². The van der Waals surface area contributed by atoms with E-state index in [2.05, 4.69) is 20.5 Å². The van der Waals surface area contributed by atoms with Gasteiger partial charge in [-0.05, 0) is 48.5 Å². The van der Waals surface area contributed by atoms with Gasteiger partial charge in [-0.15, -0.1) is 15.3 Å². The molecule has 172 valence electrons. The average molecular weight is 482 g/mol. The first-order chi connectivity index (χ1) is 16.9. The molecule has 0 spiro atoms. The highest BCUT2D eigenvalue weighted by atomic mass is 32.2. The summed E-state index contributed by atoms with van der Waals surface area (Å²) in [6.07, 6.45) is 0. The summed E-state index contributed by atoms with van der Waals surface area (Å²) in [7, 11) is -4.42. The van der Waals surface area contributed by atoms with Crippen LogP contribution in [-0.4, -0.2) is 13.0 Å². The summed E-state index contributed by atoms with van der Waals surface area (Å²) < 4.78 is 33.2. The van der Waals surface area contributed by atoms with Crippen LogP contribution in [0.25, 0.3) is 21.5 Å². The fourth-order valence-corrected chi connectivity index (χ4v) is 4.25. The Labute approximate surface area is 201 Å². The van der Waals surface area contributed by atoms with E-state index < -0.39 is 10.1 Å². The number of fused-ring (bicyclic) bond motifs is 2. The quantitative estimate of drug-likeness (QED) is 0.152. The zero-order valence-electron chi connectivity index (χ0n) is 18.3. The molecule has 0 fully saturated rings. The lowest BCUT2D eigenvalue weighted by Crippen LogP contribution is -1.97. The standard InChI is InChI=1S/C26H19N5O3S/c27-23-12-13-24(20-9-5-4-8-19(20)23)30-31-26-15-14-25(29-28-17-6-2-1-3-7-17)21-11-10-18(16-22(21)26)35(32,33)34/h1-16H,27H2,(H,32,33,34)/b29-28+,31-30+. The van der Waals surface area contributed by atoms with Crippen molar-refractivity contribution in [2.24, 2.45) is 20.5 Å². The summed E-state index contributed by atoms with van der Waals surface area (Å²) in [6, 6.07) is 28.0. The zero-order valence-corrected chi connectivity index (χ0v) is 19.1. The highest BCUT2D eigenvalue weighted by Gasteiger charge is 2.14. The minimum atomic E-state index is -4.42. The molecule has 0 aliphatic heterocycles. The van der Waals surface area contributed by atoms with Crippen LogP contribution in [0, 0.1) is 0 Å². The van der Waals surface area contributed by atoms with Gasteiger partial charge in [0, 0.05) is 27.2 Å². The molecule has 35 heavy (non-hydrogen) atoms. The predicted molar refractivity (Wildman–Crippen MR) is 137 cm³/mol. The molecule has 5 aromatic carbocycles. The third kappa shape index (κ3) is 4.63. The van der Waals surface area contributed by atoms with E-state index in [1.54, 1.807) is 30.3 Å². The number of hydrogen-bond donors (Lipinski definition) is 2. The maximum atomic E-state index is 11.8. The van der Waals surface area contributed by atoms with Gasteiger partial charge in [-0.1, -0.05) is 48.5 Å². The van der Waals surface area contributed by atoms with Crippen LogP contribution in [0.5, 0.6) is 0 Å². The van der Waals surface area contributed by atoms with Gasteiger partial charge in [0.2, 0.25) is 0 Å². The van der Waals surface area contributed by atoms with Gasteiger partial charge in [0.15, 0.2) is 0 Å². The second-order valence-corrected chi connectivity index (χ2v) is 9.16. The predicted octanol–water partition coefficient (Wildman–Crippen LogP) is 7.65. The van der Waals surface area contributed by atoms with Crippen molar-refractivity contribution in [1.29, 1.82) is 0 Å². The van der Waals surface area contributed by atoms with E-state index in [9.17, 15) is 13.0 Å². The maximum Gasteiger partial charge on any atom is 0.294 e. The molecule has 0 aliphatic rings. The van der Waals surface area contributed by atoms with E-state index in [0.717, 1.165) is 10.8 Å². The minimum Gasteiger partial charge on any atom is -0.398 e. The van der Waals surface area contributed by atoms with Crippen LogP contribution in [0.2, 0.25) is 0 Å². The second-order valence-electron chi connectivity index (χ2n) is 7.74. The van der Waals surface area contributed by atoms with Crippen LogP contribution in [0.15, 0.2) is 122 Å². The first kappa shape index (κ1) is 22.3. The first-order valence-corrected chi connectivity index (χ1v) is 12.0. The topological polar surface area (TPSA) is 130 Å².